The highest BCUT2D eigenvalue weighted by molar-refractivity contribution is 4.70. The van der Waals surface area contributed by atoms with Crippen LogP contribution in [0.4, 0.5) is 0 Å². The van der Waals surface area contributed by atoms with E-state index in [-0.39, 0.29) is 25.5 Å². The highest BCUT2D eigenvalue weighted by Crippen LogP contribution is 2.02. The molecule has 14 heavy (non-hydrogen) atoms. The summed E-state index contributed by atoms with van der Waals surface area (Å²) in [6.07, 6.45) is 0.609. The van der Waals surface area contributed by atoms with Gasteiger partial charge in [-0.3, -0.25) is 0 Å². The monoisotopic (exact) mass is 207 g/mol. The van der Waals surface area contributed by atoms with Gasteiger partial charge in [-0.25, -0.2) is 0 Å². The molecule has 0 aromatic rings. The standard InChI is InChI=1S/C9H21NO4/c1-3-9(8(10)6-11)14-7-13-5-4-12-2/h8-9,11H,3-7,10H2,1-2H3/t8-,9+/m0/s1. The van der Waals surface area contributed by atoms with E-state index in [1.807, 2.05) is 6.92 Å². The van der Waals surface area contributed by atoms with Crippen LogP contribution < -0.4 is 5.73 Å². The van der Waals surface area contributed by atoms with E-state index in [9.17, 15) is 0 Å². The fourth-order valence-electron chi connectivity index (χ4n) is 0.998. The lowest BCUT2D eigenvalue weighted by Gasteiger charge is -2.21. The number of hydrogen-bond acceptors (Lipinski definition) is 5. The van der Waals surface area contributed by atoms with Gasteiger partial charge in [0.2, 0.25) is 0 Å². The summed E-state index contributed by atoms with van der Waals surface area (Å²) >= 11 is 0. The van der Waals surface area contributed by atoms with E-state index < -0.39 is 0 Å². The maximum absolute atomic E-state index is 8.81. The van der Waals surface area contributed by atoms with E-state index in [0.29, 0.717) is 13.2 Å². The van der Waals surface area contributed by atoms with E-state index in [0.717, 1.165) is 6.42 Å². The van der Waals surface area contributed by atoms with Gasteiger partial charge in [-0.1, -0.05) is 6.92 Å². The zero-order valence-electron chi connectivity index (χ0n) is 8.94. The van der Waals surface area contributed by atoms with Gasteiger partial charge in [0, 0.05) is 7.11 Å². The third-order valence-corrected chi connectivity index (χ3v) is 1.89. The van der Waals surface area contributed by atoms with Gasteiger partial charge < -0.3 is 25.1 Å². The molecule has 0 heterocycles. The average molecular weight is 207 g/mol. The first kappa shape index (κ1) is 13.8. The van der Waals surface area contributed by atoms with Crippen LogP contribution in [0.1, 0.15) is 13.3 Å². The second-order valence-corrected chi connectivity index (χ2v) is 2.98. The zero-order chi connectivity index (χ0) is 10.8. The largest absolute Gasteiger partial charge is 0.395 e. The third-order valence-electron chi connectivity index (χ3n) is 1.89. The van der Waals surface area contributed by atoms with Crippen molar-refractivity contribution in [2.75, 3.05) is 33.7 Å². The molecule has 0 fully saturated rings. The van der Waals surface area contributed by atoms with Gasteiger partial charge in [-0.15, -0.1) is 0 Å². The summed E-state index contributed by atoms with van der Waals surface area (Å²) in [4.78, 5) is 0. The lowest BCUT2D eigenvalue weighted by molar-refractivity contribution is -0.107. The number of aliphatic hydroxyl groups excluding tert-OH is 1. The molecule has 0 amide bonds. The van der Waals surface area contributed by atoms with Crippen LogP contribution in [0.25, 0.3) is 0 Å². The summed E-state index contributed by atoms with van der Waals surface area (Å²) in [5.74, 6) is 0. The Balaban J connectivity index is 3.42. The van der Waals surface area contributed by atoms with Gasteiger partial charge >= 0.3 is 0 Å². The van der Waals surface area contributed by atoms with E-state index in [1.165, 1.54) is 0 Å². The highest BCUT2D eigenvalue weighted by Gasteiger charge is 2.15. The maximum atomic E-state index is 8.81. The fourth-order valence-corrected chi connectivity index (χ4v) is 0.998. The minimum atomic E-state index is -0.342. The topological polar surface area (TPSA) is 73.9 Å². The van der Waals surface area contributed by atoms with Crippen molar-refractivity contribution in [3.63, 3.8) is 0 Å². The highest BCUT2D eigenvalue weighted by atomic mass is 16.7. The molecule has 2 atom stereocenters. The minimum absolute atomic E-state index is 0.0728. The molecule has 0 aliphatic heterocycles. The Morgan fingerprint density at radius 2 is 2.07 bits per heavy atom. The van der Waals surface area contributed by atoms with Crippen molar-refractivity contribution >= 4 is 0 Å². The normalized spacial score (nSPS) is 15.4. The Kier molecular flexibility index (Phi) is 9.23. The SMILES string of the molecule is CC[C@@H](OCOCCOC)[C@@H](N)CO. The first-order valence-corrected chi connectivity index (χ1v) is 4.81. The van der Waals surface area contributed by atoms with Crippen LogP contribution in [-0.2, 0) is 14.2 Å². The molecule has 0 aliphatic rings. The van der Waals surface area contributed by atoms with Crippen molar-refractivity contribution in [2.24, 2.45) is 5.73 Å². The first-order valence-electron chi connectivity index (χ1n) is 4.81. The minimum Gasteiger partial charge on any atom is -0.395 e. The Morgan fingerprint density at radius 3 is 2.57 bits per heavy atom. The number of hydrogen-bond donors (Lipinski definition) is 2. The molecule has 0 radical (unpaired) electrons. The number of aliphatic hydroxyl groups is 1. The smallest absolute Gasteiger partial charge is 0.147 e. The van der Waals surface area contributed by atoms with Gasteiger partial charge in [0.25, 0.3) is 0 Å². The quantitative estimate of drug-likeness (QED) is 0.402. The molecule has 0 aliphatic carbocycles. The number of rotatable bonds is 9. The van der Waals surface area contributed by atoms with Gasteiger partial charge in [0.15, 0.2) is 0 Å². The predicted molar refractivity (Wildman–Crippen MR) is 52.9 cm³/mol. The second-order valence-electron chi connectivity index (χ2n) is 2.98. The van der Waals surface area contributed by atoms with Crippen LogP contribution in [0, 0.1) is 0 Å². The lowest BCUT2D eigenvalue weighted by atomic mass is 10.1. The molecule has 0 bridgehead atoms. The molecule has 0 saturated heterocycles. The Labute approximate surface area is 85.1 Å². The number of methoxy groups -OCH3 is 1. The van der Waals surface area contributed by atoms with Crippen LogP contribution in [-0.4, -0.2) is 51.0 Å². The zero-order valence-corrected chi connectivity index (χ0v) is 8.94. The molecular weight excluding hydrogens is 186 g/mol. The molecule has 0 spiro atoms. The molecule has 0 rings (SSSR count). The van der Waals surface area contributed by atoms with Gasteiger partial charge in [0.05, 0.1) is 32.0 Å². The van der Waals surface area contributed by atoms with Crippen LogP contribution in [0.15, 0.2) is 0 Å². The average Bonchev–Trinajstić information content (AvgIpc) is 2.22. The van der Waals surface area contributed by atoms with Crippen molar-refractivity contribution < 1.29 is 19.3 Å². The van der Waals surface area contributed by atoms with Crippen molar-refractivity contribution in [3.05, 3.63) is 0 Å². The molecule has 5 nitrogen and oxygen atoms in total. The van der Waals surface area contributed by atoms with Crippen molar-refractivity contribution in [1.29, 1.82) is 0 Å². The summed E-state index contributed by atoms with van der Waals surface area (Å²) in [5.41, 5.74) is 5.61. The molecule has 5 heteroatoms. The Morgan fingerprint density at radius 1 is 1.36 bits per heavy atom. The predicted octanol–water partition coefficient (Wildman–Crippen LogP) is -0.278. The summed E-state index contributed by atoms with van der Waals surface area (Å²) in [5, 5.41) is 8.81. The van der Waals surface area contributed by atoms with Crippen LogP contribution in [0.5, 0.6) is 0 Å². The maximum Gasteiger partial charge on any atom is 0.147 e. The molecule has 0 saturated carbocycles. The molecule has 0 unspecified atom stereocenters. The van der Waals surface area contributed by atoms with E-state index >= 15 is 0 Å². The van der Waals surface area contributed by atoms with Crippen LogP contribution in [0.2, 0.25) is 0 Å². The molecule has 0 aromatic heterocycles. The van der Waals surface area contributed by atoms with Gasteiger partial charge in [-0.05, 0) is 6.42 Å². The van der Waals surface area contributed by atoms with E-state index in [4.69, 9.17) is 25.1 Å². The van der Waals surface area contributed by atoms with Crippen LogP contribution >= 0.6 is 0 Å². The van der Waals surface area contributed by atoms with Crippen LogP contribution in [0.3, 0.4) is 0 Å². The lowest BCUT2D eigenvalue weighted by Crippen LogP contribution is -2.39. The number of ether oxygens (including phenoxy) is 3. The van der Waals surface area contributed by atoms with Crippen molar-refractivity contribution in [3.8, 4) is 0 Å². The summed E-state index contributed by atoms with van der Waals surface area (Å²) < 4.78 is 15.2. The molecular formula is C9H21NO4. The van der Waals surface area contributed by atoms with Gasteiger partial charge in [-0.2, -0.15) is 0 Å². The summed E-state index contributed by atoms with van der Waals surface area (Å²) in [7, 11) is 1.61. The third kappa shape index (κ3) is 6.28. The second kappa shape index (κ2) is 9.36. The molecule has 0 aromatic carbocycles. The first-order chi connectivity index (χ1) is 6.76. The Bertz CT molecular complexity index is 123. The van der Waals surface area contributed by atoms with Crippen molar-refractivity contribution in [1.82, 2.24) is 0 Å². The molecule has 3 N–H and O–H groups in total. The molecule has 86 valence electrons. The number of nitrogens with two attached hydrogens (primary N) is 1. The fraction of sp³-hybridized carbons (Fsp3) is 1.00. The Hall–Kier alpha value is -0.200. The van der Waals surface area contributed by atoms with E-state index in [2.05, 4.69) is 0 Å². The van der Waals surface area contributed by atoms with E-state index in [1.54, 1.807) is 7.11 Å². The van der Waals surface area contributed by atoms with Gasteiger partial charge in [0.1, 0.15) is 6.79 Å². The summed E-state index contributed by atoms with van der Waals surface area (Å²) in [6.45, 7) is 3.12. The summed E-state index contributed by atoms with van der Waals surface area (Å²) in [6, 6.07) is -0.342. The van der Waals surface area contributed by atoms with Crippen molar-refractivity contribution in [2.45, 2.75) is 25.5 Å².